The summed E-state index contributed by atoms with van der Waals surface area (Å²) in [7, 11) is 0. The second kappa shape index (κ2) is 6.15. The third-order valence-electron chi connectivity index (χ3n) is 2.55. The zero-order valence-electron chi connectivity index (χ0n) is 10.1. The Morgan fingerprint density at radius 3 is 2.94 bits per heavy atom. The lowest BCUT2D eigenvalue weighted by atomic mass is 10.2. The van der Waals surface area contributed by atoms with Crippen LogP contribution in [-0.2, 0) is 13.1 Å². The fraction of sp³-hybridized carbons (Fsp3) is 0.385. The molecular formula is C13H18N4. The molecule has 2 heterocycles. The maximum Gasteiger partial charge on any atom is 0.0949 e. The van der Waals surface area contributed by atoms with E-state index in [9.17, 15) is 0 Å². The average molecular weight is 230 g/mol. The van der Waals surface area contributed by atoms with Crippen LogP contribution in [0, 0.1) is 0 Å². The summed E-state index contributed by atoms with van der Waals surface area (Å²) in [5, 5.41) is 3.36. The predicted molar refractivity (Wildman–Crippen MR) is 67.6 cm³/mol. The third-order valence-corrected chi connectivity index (χ3v) is 2.55. The molecule has 0 aromatic carbocycles. The summed E-state index contributed by atoms with van der Waals surface area (Å²) in [5.74, 6) is 0. The highest BCUT2D eigenvalue weighted by molar-refractivity contribution is 5.14. The number of aromatic nitrogens is 3. The molecular weight excluding hydrogens is 212 g/mol. The fourth-order valence-electron chi connectivity index (χ4n) is 1.63. The van der Waals surface area contributed by atoms with E-state index in [-0.39, 0.29) is 0 Å². The van der Waals surface area contributed by atoms with Gasteiger partial charge < -0.3 is 9.88 Å². The van der Waals surface area contributed by atoms with Crippen molar-refractivity contribution in [3.05, 3.63) is 48.3 Å². The number of hydrogen-bond acceptors (Lipinski definition) is 3. The van der Waals surface area contributed by atoms with Crippen LogP contribution in [0.4, 0.5) is 0 Å². The summed E-state index contributed by atoms with van der Waals surface area (Å²) in [6.07, 6.45) is 8.63. The average Bonchev–Trinajstić information content (AvgIpc) is 2.85. The summed E-state index contributed by atoms with van der Waals surface area (Å²) >= 11 is 0. The van der Waals surface area contributed by atoms with Crippen LogP contribution in [0.25, 0.3) is 0 Å². The van der Waals surface area contributed by atoms with Gasteiger partial charge in [-0.05, 0) is 24.6 Å². The summed E-state index contributed by atoms with van der Waals surface area (Å²) in [6.45, 7) is 4.89. The Bertz CT molecular complexity index is 419. The highest BCUT2D eigenvalue weighted by Crippen LogP contribution is 2.02. The van der Waals surface area contributed by atoms with Crippen molar-refractivity contribution >= 4 is 0 Å². The van der Waals surface area contributed by atoms with E-state index in [1.54, 1.807) is 12.5 Å². The van der Waals surface area contributed by atoms with E-state index < -0.39 is 0 Å². The summed E-state index contributed by atoms with van der Waals surface area (Å²) < 4.78 is 2.01. The quantitative estimate of drug-likeness (QED) is 0.770. The normalized spacial score (nSPS) is 10.6. The first kappa shape index (κ1) is 11.8. The number of hydrogen-bond donors (Lipinski definition) is 1. The monoisotopic (exact) mass is 230 g/mol. The first-order valence-electron chi connectivity index (χ1n) is 5.98. The van der Waals surface area contributed by atoms with Gasteiger partial charge in [-0.2, -0.15) is 0 Å². The van der Waals surface area contributed by atoms with Gasteiger partial charge in [0.25, 0.3) is 0 Å². The van der Waals surface area contributed by atoms with Crippen molar-refractivity contribution in [3.8, 4) is 0 Å². The SMILES string of the molecule is CCCNCc1ccc(Cn2ccnc2)nc1. The van der Waals surface area contributed by atoms with E-state index in [1.807, 2.05) is 17.0 Å². The lowest BCUT2D eigenvalue weighted by molar-refractivity contribution is 0.672. The molecule has 0 radical (unpaired) electrons. The van der Waals surface area contributed by atoms with Crippen LogP contribution in [0.5, 0.6) is 0 Å². The minimum Gasteiger partial charge on any atom is -0.331 e. The topological polar surface area (TPSA) is 42.7 Å². The highest BCUT2D eigenvalue weighted by atomic mass is 15.0. The van der Waals surface area contributed by atoms with Gasteiger partial charge in [0, 0.05) is 25.1 Å². The number of pyridine rings is 1. The molecule has 0 amide bonds. The Morgan fingerprint density at radius 2 is 2.29 bits per heavy atom. The lowest BCUT2D eigenvalue weighted by Crippen LogP contribution is -2.14. The molecule has 0 bridgehead atoms. The Balaban J connectivity index is 1.89. The van der Waals surface area contributed by atoms with Crippen molar-refractivity contribution in [2.45, 2.75) is 26.4 Å². The molecule has 0 aliphatic rings. The standard InChI is InChI=1S/C13H18N4/c1-2-5-14-8-12-3-4-13(16-9-12)10-17-7-6-15-11-17/h3-4,6-7,9,11,14H,2,5,8,10H2,1H3. The second-order valence-corrected chi connectivity index (χ2v) is 4.07. The summed E-state index contributed by atoms with van der Waals surface area (Å²) in [6, 6.07) is 4.20. The minimum atomic E-state index is 0.780. The van der Waals surface area contributed by atoms with Gasteiger partial charge in [-0.1, -0.05) is 13.0 Å². The van der Waals surface area contributed by atoms with E-state index >= 15 is 0 Å². The van der Waals surface area contributed by atoms with E-state index in [1.165, 1.54) is 5.56 Å². The largest absolute Gasteiger partial charge is 0.331 e. The first-order chi connectivity index (χ1) is 8.38. The van der Waals surface area contributed by atoms with Gasteiger partial charge in [-0.15, -0.1) is 0 Å². The van der Waals surface area contributed by atoms with Gasteiger partial charge in [0.2, 0.25) is 0 Å². The molecule has 90 valence electrons. The molecule has 0 unspecified atom stereocenters. The molecule has 4 nitrogen and oxygen atoms in total. The molecule has 0 aliphatic carbocycles. The molecule has 2 rings (SSSR count). The zero-order chi connectivity index (χ0) is 11.9. The van der Waals surface area contributed by atoms with Crippen LogP contribution in [0.2, 0.25) is 0 Å². The first-order valence-corrected chi connectivity index (χ1v) is 5.98. The molecule has 0 fully saturated rings. The van der Waals surface area contributed by atoms with Crippen LogP contribution >= 0.6 is 0 Å². The molecule has 0 spiro atoms. The maximum atomic E-state index is 4.44. The molecule has 0 saturated heterocycles. The van der Waals surface area contributed by atoms with Crippen molar-refractivity contribution in [2.24, 2.45) is 0 Å². The third kappa shape index (κ3) is 3.67. The van der Waals surface area contributed by atoms with Gasteiger partial charge in [-0.25, -0.2) is 4.98 Å². The van der Waals surface area contributed by atoms with Crippen molar-refractivity contribution < 1.29 is 0 Å². The van der Waals surface area contributed by atoms with Crippen molar-refractivity contribution in [3.63, 3.8) is 0 Å². The Hall–Kier alpha value is -1.68. The number of nitrogens with zero attached hydrogens (tertiary/aromatic N) is 3. The highest BCUT2D eigenvalue weighted by Gasteiger charge is 1.97. The smallest absolute Gasteiger partial charge is 0.0949 e. The molecule has 17 heavy (non-hydrogen) atoms. The molecule has 0 aliphatic heterocycles. The van der Waals surface area contributed by atoms with Gasteiger partial charge in [-0.3, -0.25) is 4.98 Å². The minimum absolute atomic E-state index is 0.780. The zero-order valence-corrected chi connectivity index (χ0v) is 10.1. The van der Waals surface area contributed by atoms with E-state index in [0.29, 0.717) is 0 Å². The summed E-state index contributed by atoms with van der Waals surface area (Å²) in [5.41, 5.74) is 2.29. The van der Waals surface area contributed by atoms with Crippen LogP contribution in [0.15, 0.2) is 37.1 Å². The van der Waals surface area contributed by atoms with Crippen molar-refractivity contribution in [2.75, 3.05) is 6.54 Å². The van der Waals surface area contributed by atoms with E-state index in [4.69, 9.17) is 0 Å². The summed E-state index contributed by atoms with van der Waals surface area (Å²) in [4.78, 5) is 8.45. The molecule has 0 saturated carbocycles. The van der Waals surface area contributed by atoms with Crippen molar-refractivity contribution in [1.29, 1.82) is 0 Å². The molecule has 4 heteroatoms. The Kier molecular flexibility index (Phi) is 4.27. The number of nitrogens with one attached hydrogen (secondary N) is 1. The van der Waals surface area contributed by atoms with Crippen LogP contribution in [-0.4, -0.2) is 21.1 Å². The number of imidazole rings is 1. The van der Waals surface area contributed by atoms with Crippen LogP contribution in [0.1, 0.15) is 24.6 Å². The van der Waals surface area contributed by atoms with Gasteiger partial charge in [0.05, 0.1) is 18.6 Å². The predicted octanol–water partition coefficient (Wildman–Crippen LogP) is 1.83. The Morgan fingerprint density at radius 1 is 1.35 bits per heavy atom. The van der Waals surface area contributed by atoms with E-state index in [0.717, 1.165) is 31.7 Å². The molecule has 1 N–H and O–H groups in total. The molecule has 2 aromatic heterocycles. The maximum absolute atomic E-state index is 4.44. The molecule has 2 aromatic rings. The van der Waals surface area contributed by atoms with Gasteiger partial charge >= 0.3 is 0 Å². The number of rotatable bonds is 6. The molecule has 0 atom stereocenters. The van der Waals surface area contributed by atoms with Gasteiger partial charge in [0.15, 0.2) is 0 Å². The van der Waals surface area contributed by atoms with Crippen LogP contribution < -0.4 is 5.32 Å². The van der Waals surface area contributed by atoms with Crippen molar-refractivity contribution in [1.82, 2.24) is 19.9 Å². The fourth-order valence-corrected chi connectivity index (χ4v) is 1.63. The van der Waals surface area contributed by atoms with Crippen LogP contribution in [0.3, 0.4) is 0 Å². The van der Waals surface area contributed by atoms with E-state index in [2.05, 4.69) is 34.3 Å². The second-order valence-electron chi connectivity index (χ2n) is 4.07. The van der Waals surface area contributed by atoms with Gasteiger partial charge in [0.1, 0.15) is 0 Å². The Labute approximate surface area is 102 Å². The lowest BCUT2D eigenvalue weighted by Gasteiger charge is -2.05.